The Morgan fingerprint density at radius 2 is 1.90 bits per heavy atom. The fraction of sp³-hybridized carbons (Fsp3) is 0.524. The summed E-state index contributed by atoms with van der Waals surface area (Å²) < 4.78 is 7.37. The van der Waals surface area contributed by atoms with E-state index in [1.807, 2.05) is 37.8 Å². The molecule has 0 bridgehead atoms. The van der Waals surface area contributed by atoms with Crippen molar-refractivity contribution in [3.8, 4) is 11.4 Å². The molecule has 31 heavy (non-hydrogen) atoms. The van der Waals surface area contributed by atoms with Crippen molar-refractivity contribution < 1.29 is 14.3 Å². The summed E-state index contributed by atoms with van der Waals surface area (Å²) in [5.74, 6) is 0.912. The molecule has 0 aliphatic carbocycles. The smallest absolute Gasteiger partial charge is 0.407 e. The van der Waals surface area contributed by atoms with Gasteiger partial charge >= 0.3 is 6.09 Å². The quantitative estimate of drug-likeness (QED) is 0.650. The summed E-state index contributed by atoms with van der Waals surface area (Å²) in [5, 5.41) is 10.5. The molecule has 3 rings (SSSR count). The fourth-order valence-electron chi connectivity index (χ4n) is 3.45. The number of benzene rings is 1. The summed E-state index contributed by atoms with van der Waals surface area (Å²) in [6, 6.07) is 7.24. The average molecular weight is 466 g/mol. The summed E-state index contributed by atoms with van der Waals surface area (Å²) in [6.45, 7) is 7.45. The second-order valence-corrected chi connectivity index (χ2v) is 9.48. The molecule has 0 radical (unpaired) electrons. The first-order valence-corrected chi connectivity index (χ1v) is 11.1. The minimum Gasteiger partial charge on any atom is -0.444 e. The molecule has 2 N–H and O–H groups in total. The molecule has 1 saturated heterocycles. The molecule has 1 aromatic heterocycles. The Hall–Kier alpha value is -2.39. The predicted molar refractivity (Wildman–Crippen MR) is 121 cm³/mol. The Labute approximate surface area is 191 Å². The SMILES string of the molecule is CC(C)(C)OC(=O)NCC1CCN(C(=O)Cn2c(-c3ccc(Cl)cc3)n[nH]c2=S)CC1. The van der Waals surface area contributed by atoms with Gasteiger partial charge in [-0.05, 0) is 76.0 Å². The van der Waals surface area contributed by atoms with E-state index in [1.54, 1.807) is 16.7 Å². The number of ether oxygens (including phenoxy) is 1. The zero-order chi connectivity index (χ0) is 22.6. The molecule has 168 valence electrons. The normalized spacial score (nSPS) is 15.0. The highest BCUT2D eigenvalue weighted by molar-refractivity contribution is 7.71. The summed E-state index contributed by atoms with van der Waals surface area (Å²) in [4.78, 5) is 26.6. The molecule has 0 atom stereocenters. The van der Waals surface area contributed by atoms with Crippen LogP contribution >= 0.6 is 23.8 Å². The minimum atomic E-state index is -0.515. The van der Waals surface area contributed by atoms with Crippen molar-refractivity contribution in [2.45, 2.75) is 45.8 Å². The summed E-state index contributed by atoms with van der Waals surface area (Å²) in [7, 11) is 0. The number of hydrogen-bond acceptors (Lipinski definition) is 5. The van der Waals surface area contributed by atoms with Gasteiger partial charge in [-0.15, -0.1) is 0 Å². The van der Waals surface area contributed by atoms with Gasteiger partial charge in [-0.2, -0.15) is 5.10 Å². The van der Waals surface area contributed by atoms with E-state index in [4.69, 9.17) is 28.6 Å². The van der Waals surface area contributed by atoms with Gasteiger partial charge in [0.2, 0.25) is 5.91 Å². The molecule has 2 aromatic rings. The van der Waals surface area contributed by atoms with E-state index < -0.39 is 11.7 Å². The highest BCUT2D eigenvalue weighted by Gasteiger charge is 2.25. The van der Waals surface area contributed by atoms with Crippen molar-refractivity contribution in [2.75, 3.05) is 19.6 Å². The molecular formula is C21H28ClN5O3S. The predicted octanol–water partition coefficient (Wildman–Crippen LogP) is 4.02. The molecule has 1 aromatic carbocycles. The number of rotatable bonds is 5. The van der Waals surface area contributed by atoms with Crippen LogP contribution in [0.1, 0.15) is 33.6 Å². The van der Waals surface area contributed by atoms with Crippen molar-refractivity contribution in [1.82, 2.24) is 25.0 Å². The lowest BCUT2D eigenvalue weighted by atomic mass is 9.97. The number of likely N-dealkylation sites (tertiary alicyclic amines) is 1. The van der Waals surface area contributed by atoms with Crippen LogP contribution in [0.3, 0.4) is 0 Å². The second kappa shape index (κ2) is 9.82. The molecule has 0 spiro atoms. The first kappa shape index (κ1) is 23.3. The maximum absolute atomic E-state index is 12.9. The lowest BCUT2D eigenvalue weighted by molar-refractivity contribution is -0.133. The number of nitrogens with zero attached hydrogens (tertiary/aromatic N) is 3. The Morgan fingerprint density at radius 1 is 1.26 bits per heavy atom. The number of amides is 2. The number of aromatic nitrogens is 3. The Kier molecular flexibility index (Phi) is 7.38. The lowest BCUT2D eigenvalue weighted by Gasteiger charge is -2.32. The molecule has 1 aliphatic rings. The van der Waals surface area contributed by atoms with Crippen LogP contribution in [0.15, 0.2) is 24.3 Å². The number of carbonyl (C=O) groups is 2. The molecule has 8 nitrogen and oxygen atoms in total. The van der Waals surface area contributed by atoms with Crippen molar-refractivity contribution in [2.24, 2.45) is 5.92 Å². The van der Waals surface area contributed by atoms with Gasteiger partial charge < -0.3 is 15.0 Å². The van der Waals surface area contributed by atoms with Gasteiger partial charge in [-0.3, -0.25) is 14.5 Å². The number of nitrogens with one attached hydrogen (secondary N) is 2. The maximum atomic E-state index is 12.9. The molecule has 2 amide bonds. The number of H-pyrrole nitrogens is 1. The third-order valence-electron chi connectivity index (χ3n) is 5.06. The van der Waals surface area contributed by atoms with Gasteiger partial charge in [-0.1, -0.05) is 11.6 Å². The third kappa shape index (κ3) is 6.54. The van der Waals surface area contributed by atoms with E-state index in [9.17, 15) is 9.59 Å². The van der Waals surface area contributed by atoms with Crippen LogP contribution in [0, 0.1) is 10.7 Å². The number of aromatic amines is 1. The Morgan fingerprint density at radius 3 is 2.52 bits per heavy atom. The highest BCUT2D eigenvalue weighted by atomic mass is 35.5. The van der Waals surface area contributed by atoms with E-state index in [0.717, 1.165) is 18.4 Å². The van der Waals surface area contributed by atoms with Crippen molar-refractivity contribution >= 4 is 35.8 Å². The van der Waals surface area contributed by atoms with Gasteiger partial charge in [0.05, 0.1) is 0 Å². The Balaban J connectivity index is 1.53. The van der Waals surface area contributed by atoms with Crippen LogP contribution in [-0.2, 0) is 16.1 Å². The van der Waals surface area contributed by atoms with Crippen molar-refractivity contribution in [3.05, 3.63) is 34.1 Å². The van der Waals surface area contributed by atoms with Crippen molar-refractivity contribution in [1.29, 1.82) is 0 Å². The largest absolute Gasteiger partial charge is 0.444 e. The first-order chi connectivity index (χ1) is 14.6. The highest BCUT2D eigenvalue weighted by Crippen LogP contribution is 2.21. The average Bonchev–Trinajstić information content (AvgIpc) is 3.06. The number of alkyl carbamates (subject to hydrolysis) is 1. The van der Waals surface area contributed by atoms with Crippen LogP contribution in [-0.4, -0.2) is 56.9 Å². The van der Waals surface area contributed by atoms with Crippen LogP contribution in [0.5, 0.6) is 0 Å². The van der Waals surface area contributed by atoms with E-state index in [1.165, 1.54) is 0 Å². The topological polar surface area (TPSA) is 92.2 Å². The number of hydrogen-bond donors (Lipinski definition) is 2. The summed E-state index contributed by atoms with van der Waals surface area (Å²) >= 11 is 11.3. The number of halogens is 1. The van der Waals surface area contributed by atoms with E-state index in [-0.39, 0.29) is 12.5 Å². The summed E-state index contributed by atoms with van der Waals surface area (Å²) in [5.41, 5.74) is 0.315. The molecule has 2 heterocycles. The third-order valence-corrected chi connectivity index (χ3v) is 5.62. The van der Waals surface area contributed by atoms with E-state index in [0.29, 0.717) is 41.2 Å². The van der Waals surface area contributed by atoms with Crippen LogP contribution in [0.25, 0.3) is 11.4 Å². The van der Waals surface area contributed by atoms with E-state index >= 15 is 0 Å². The molecule has 0 saturated carbocycles. The van der Waals surface area contributed by atoms with Gasteiger partial charge in [0, 0.05) is 30.2 Å². The number of carbonyl (C=O) groups excluding carboxylic acids is 2. The minimum absolute atomic E-state index is 0.00809. The second-order valence-electron chi connectivity index (χ2n) is 8.65. The van der Waals surface area contributed by atoms with Gasteiger partial charge in [0.25, 0.3) is 0 Å². The van der Waals surface area contributed by atoms with Gasteiger partial charge in [0.15, 0.2) is 10.6 Å². The van der Waals surface area contributed by atoms with Crippen molar-refractivity contribution in [3.63, 3.8) is 0 Å². The standard InChI is InChI=1S/C21H28ClN5O3S/c1-21(2,3)30-20(29)23-12-14-8-10-26(11-9-14)17(28)13-27-18(24-25-19(27)31)15-4-6-16(22)7-5-15/h4-7,14H,8-13H2,1-3H3,(H,23,29)(H,25,31). The maximum Gasteiger partial charge on any atom is 0.407 e. The zero-order valence-electron chi connectivity index (χ0n) is 18.0. The molecule has 1 fully saturated rings. The number of piperidine rings is 1. The first-order valence-electron chi connectivity index (χ1n) is 10.3. The van der Waals surface area contributed by atoms with Gasteiger partial charge in [-0.25, -0.2) is 4.79 Å². The molecule has 1 aliphatic heterocycles. The lowest BCUT2D eigenvalue weighted by Crippen LogP contribution is -2.43. The zero-order valence-corrected chi connectivity index (χ0v) is 19.6. The summed E-state index contributed by atoms with van der Waals surface area (Å²) in [6.07, 6.45) is 1.24. The Bertz CT molecular complexity index is 972. The van der Waals surface area contributed by atoms with Crippen LogP contribution in [0.4, 0.5) is 4.79 Å². The molecule has 10 heteroatoms. The fourth-order valence-corrected chi connectivity index (χ4v) is 3.77. The monoisotopic (exact) mass is 465 g/mol. The molecular weight excluding hydrogens is 438 g/mol. The van der Waals surface area contributed by atoms with Crippen LogP contribution < -0.4 is 5.32 Å². The van der Waals surface area contributed by atoms with Crippen LogP contribution in [0.2, 0.25) is 5.02 Å². The van der Waals surface area contributed by atoms with Gasteiger partial charge in [0.1, 0.15) is 12.1 Å². The molecule has 0 unspecified atom stereocenters. The van der Waals surface area contributed by atoms with E-state index in [2.05, 4.69) is 15.5 Å².